The third kappa shape index (κ3) is 5.94. The second kappa shape index (κ2) is 10.4. The summed E-state index contributed by atoms with van der Waals surface area (Å²) in [5, 5.41) is 10.9. The minimum atomic E-state index is -0.331. The van der Waals surface area contributed by atoms with Crippen LogP contribution in [0.3, 0.4) is 0 Å². The van der Waals surface area contributed by atoms with Crippen LogP contribution in [0.1, 0.15) is 77.2 Å². The van der Waals surface area contributed by atoms with Crippen LogP contribution < -0.4 is 5.73 Å². The lowest BCUT2D eigenvalue weighted by molar-refractivity contribution is -0.384. The first-order chi connectivity index (χ1) is 11.1. The molecule has 0 radical (unpaired) electrons. The summed E-state index contributed by atoms with van der Waals surface area (Å²) in [5.74, 6) is 0. The smallest absolute Gasteiger partial charge is 0.269 e. The predicted octanol–water partition coefficient (Wildman–Crippen LogP) is 5.34. The van der Waals surface area contributed by atoms with Crippen LogP contribution in [0.25, 0.3) is 0 Å². The van der Waals surface area contributed by atoms with E-state index in [1.165, 1.54) is 37.7 Å². The Kier molecular flexibility index (Phi) is 8.85. The van der Waals surface area contributed by atoms with Crippen LogP contribution in [0.15, 0.2) is 24.3 Å². The average Bonchev–Trinajstić information content (AvgIpc) is 2.58. The molecule has 0 amide bonds. The van der Waals surface area contributed by atoms with Crippen molar-refractivity contribution in [2.24, 2.45) is 5.73 Å². The molecule has 0 aliphatic rings. The Balaban J connectivity index is 2.85. The summed E-state index contributed by atoms with van der Waals surface area (Å²) in [7, 11) is 0. The Morgan fingerprint density at radius 3 is 2.13 bits per heavy atom. The van der Waals surface area contributed by atoms with Gasteiger partial charge in [0.25, 0.3) is 5.69 Å². The molecule has 130 valence electrons. The number of nitro benzene ring substituents is 1. The van der Waals surface area contributed by atoms with E-state index in [1.807, 2.05) is 12.1 Å². The summed E-state index contributed by atoms with van der Waals surface area (Å²) in [6.45, 7) is 5.16. The molecule has 4 nitrogen and oxygen atoms in total. The van der Waals surface area contributed by atoms with Gasteiger partial charge in [-0.25, -0.2) is 0 Å². The zero-order valence-corrected chi connectivity index (χ0v) is 14.7. The molecule has 0 aliphatic carbocycles. The maximum atomic E-state index is 10.9. The Morgan fingerprint density at radius 1 is 1.00 bits per heavy atom. The Bertz CT molecular complexity index is 459. The van der Waals surface area contributed by atoms with Crippen LogP contribution >= 0.6 is 0 Å². The predicted molar refractivity (Wildman–Crippen MR) is 96.7 cm³/mol. The molecule has 0 saturated heterocycles. The number of non-ortho nitro benzene ring substituents is 1. The van der Waals surface area contributed by atoms with Crippen LogP contribution in [0.4, 0.5) is 5.69 Å². The third-order valence-electron chi connectivity index (χ3n) is 4.99. The Labute approximate surface area is 140 Å². The standard InChI is InChI=1S/C19H32N2O2/c1-3-5-6-7-8-14-19(4-2,15-9-16-20)17-10-12-18(13-11-17)21(22)23/h10-13H,3-9,14-16,20H2,1-2H3. The molecule has 0 spiro atoms. The molecular weight excluding hydrogens is 288 g/mol. The maximum Gasteiger partial charge on any atom is 0.269 e. The molecule has 0 aromatic heterocycles. The fourth-order valence-electron chi connectivity index (χ4n) is 3.42. The molecule has 0 fully saturated rings. The van der Waals surface area contributed by atoms with Gasteiger partial charge in [-0.3, -0.25) is 10.1 Å². The maximum absolute atomic E-state index is 10.9. The van der Waals surface area contributed by atoms with Crippen molar-refractivity contribution in [3.05, 3.63) is 39.9 Å². The average molecular weight is 320 g/mol. The summed E-state index contributed by atoms with van der Waals surface area (Å²) in [6, 6.07) is 7.17. The first-order valence-electron chi connectivity index (χ1n) is 9.04. The highest BCUT2D eigenvalue weighted by molar-refractivity contribution is 5.36. The molecule has 1 unspecified atom stereocenters. The molecule has 0 saturated carbocycles. The van der Waals surface area contributed by atoms with Crippen LogP contribution in [0.2, 0.25) is 0 Å². The second-order valence-electron chi connectivity index (χ2n) is 6.49. The Hall–Kier alpha value is -1.42. The van der Waals surface area contributed by atoms with Crippen molar-refractivity contribution in [3.8, 4) is 0 Å². The minimum absolute atomic E-state index is 0.112. The molecule has 4 heteroatoms. The number of hydrogen-bond donors (Lipinski definition) is 1. The van der Waals surface area contributed by atoms with Gasteiger partial charge in [-0.1, -0.05) is 58.1 Å². The molecule has 0 bridgehead atoms. The number of nitrogens with zero attached hydrogens (tertiary/aromatic N) is 1. The van der Waals surface area contributed by atoms with Gasteiger partial charge in [-0.15, -0.1) is 0 Å². The van der Waals surface area contributed by atoms with Gasteiger partial charge >= 0.3 is 0 Å². The van der Waals surface area contributed by atoms with E-state index in [0.29, 0.717) is 6.54 Å². The van der Waals surface area contributed by atoms with Crippen molar-refractivity contribution < 1.29 is 4.92 Å². The van der Waals surface area contributed by atoms with E-state index in [9.17, 15) is 10.1 Å². The van der Waals surface area contributed by atoms with Crippen molar-refractivity contribution in [2.75, 3.05) is 6.54 Å². The number of rotatable bonds is 12. The molecule has 2 N–H and O–H groups in total. The number of unbranched alkanes of at least 4 members (excludes halogenated alkanes) is 4. The molecule has 0 aliphatic heterocycles. The van der Waals surface area contributed by atoms with Gasteiger partial charge < -0.3 is 5.73 Å². The molecule has 1 rings (SSSR count). The van der Waals surface area contributed by atoms with E-state index in [0.717, 1.165) is 25.7 Å². The second-order valence-corrected chi connectivity index (χ2v) is 6.49. The lowest BCUT2D eigenvalue weighted by Gasteiger charge is -2.34. The molecule has 1 aromatic rings. The molecule has 1 aromatic carbocycles. The molecule has 1 atom stereocenters. The number of nitrogens with two attached hydrogens (primary N) is 1. The van der Waals surface area contributed by atoms with Crippen LogP contribution in [0.5, 0.6) is 0 Å². The minimum Gasteiger partial charge on any atom is -0.330 e. The molecule has 23 heavy (non-hydrogen) atoms. The topological polar surface area (TPSA) is 69.2 Å². The molecule has 0 heterocycles. The summed E-state index contributed by atoms with van der Waals surface area (Å²) in [6.07, 6.45) is 10.6. The molecular formula is C19H32N2O2. The van der Waals surface area contributed by atoms with Gasteiger partial charge in [-0.05, 0) is 43.2 Å². The zero-order valence-electron chi connectivity index (χ0n) is 14.7. The quantitative estimate of drug-likeness (QED) is 0.321. The van der Waals surface area contributed by atoms with Gasteiger partial charge in [0.1, 0.15) is 0 Å². The van der Waals surface area contributed by atoms with Crippen molar-refractivity contribution in [1.29, 1.82) is 0 Å². The monoisotopic (exact) mass is 320 g/mol. The van der Waals surface area contributed by atoms with Crippen molar-refractivity contribution >= 4 is 5.69 Å². The Morgan fingerprint density at radius 2 is 1.61 bits per heavy atom. The first-order valence-corrected chi connectivity index (χ1v) is 9.04. The highest BCUT2D eigenvalue weighted by Crippen LogP contribution is 2.38. The van der Waals surface area contributed by atoms with Gasteiger partial charge in [0.15, 0.2) is 0 Å². The highest BCUT2D eigenvalue weighted by atomic mass is 16.6. The first kappa shape index (κ1) is 19.6. The normalized spacial score (nSPS) is 13.7. The van der Waals surface area contributed by atoms with E-state index in [4.69, 9.17) is 5.73 Å². The van der Waals surface area contributed by atoms with Crippen LogP contribution in [-0.2, 0) is 5.41 Å². The fraction of sp³-hybridized carbons (Fsp3) is 0.684. The van der Waals surface area contributed by atoms with E-state index < -0.39 is 0 Å². The van der Waals surface area contributed by atoms with Gasteiger partial charge in [0.05, 0.1) is 4.92 Å². The summed E-state index contributed by atoms with van der Waals surface area (Å²) in [4.78, 5) is 10.5. The van der Waals surface area contributed by atoms with Gasteiger partial charge in [0.2, 0.25) is 0 Å². The van der Waals surface area contributed by atoms with Crippen molar-refractivity contribution in [1.82, 2.24) is 0 Å². The van der Waals surface area contributed by atoms with Crippen molar-refractivity contribution in [3.63, 3.8) is 0 Å². The number of hydrogen-bond acceptors (Lipinski definition) is 3. The summed E-state index contributed by atoms with van der Waals surface area (Å²) < 4.78 is 0. The van der Waals surface area contributed by atoms with Crippen molar-refractivity contribution in [2.45, 2.75) is 77.0 Å². The van der Waals surface area contributed by atoms with Gasteiger partial charge in [0, 0.05) is 12.1 Å². The SMILES string of the molecule is CCCCCCCC(CC)(CCCN)c1ccc([N+](=O)[O-])cc1. The third-order valence-corrected chi connectivity index (χ3v) is 4.99. The number of benzene rings is 1. The fourth-order valence-corrected chi connectivity index (χ4v) is 3.42. The van der Waals surface area contributed by atoms with E-state index in [1.54, 1.807) is 12.1 Å². The summed E-state index contributed by atoms with van der Waals surface area (Å²) >= 11 is 0. The highest BCUT2D eigenvalue weighted by Gasteiger charge is 2.29. The lowest BCUT2D eigenvalue weighted by atomic mass is 9.71. The summed E-state index contributed by atoms with van der Waals surface area (Å²) in [5.41, 5.74) is 7.25. The largest absolute Gasteiger partial charge is 0.330 e. The number of nitro groups is 1. The van der Waals surface area contributed by atoms with Crippen LogP contribution in [-0.4, -0.2) is 11.5 Å². The van der Waals surface area contributed by atoms with E-state index in [2.05, 4.69) is 13.8 Å². The lowest BCUT2D eigenvalue weighted by Crippen LogP contribution is -2.26. The van der Waals surface area contributed by atoms with Crippen LogP contribution in [0, 0.1) is 10.1 Å². The van der Waals surface area contributed by atoms with E-state index in [-0.39, 0.29) is 16.0 Å². The van der Waals surface area contributed by atoms with Gasteiger partial charge in [-0.2, -0.15) is 0 Å². The van der Waals surface area contributed by atoms with E-state index >= 15 is 0 Å². The zero-order chi connectivity index (χ0) is 17.1.